The highest BCUT2D eigenvalue weighted by Gasteiger charge is 2.33. The number of rotatable bonds is 8. The number of carbonyl (C=O) groups excluding carboxylic acids is 1. The first kappa shape index (κ1) is 23.9. The predicted octanol–water partition coefficient (Wildman–Crippen LogP) is 4.73. The number of nitrogens with one attached hydrogen (secondary N) is 1. The number of carbonyl (C=O) groups is 1. The third kappa shape index (κ3) is 5.42. The van der Waals surface area contributed by atoms with Crippen molar-refractivity contribution in [2.24, 2.45) is 0 Å². The topological polar surface area (TPSA) is 66.5 Å². The number of benzene rings is 2. The highest BCUT2D eigenvalue weighted by atomic mass is 32.2. The van der Waals surface area contributed by atoms with Crippen LogP contribution in [0.5, 0.6) is 0 Å². The second-order valence-electron chi connectivity index (χ2n) is 8.09. The highest BCUT2D eigenvalue weighted by molar-refractivity contribution is 7.92. The van der Waals surface area contributed by atoms with Crippen molar-refractivity contribution < 1.29 is 13.2 Å². The lowest BCUT2D eigenvalue weighted by Gasteiger charge is -2.32. The Kier molecular flexibility index (Phi) is 7.70. The molecule has 0 saturated heterocycles. The van der Waals surface area contributed by atoms with E-state index in [1.807, 2.05) is 58.9 Å². The molecule has 0 aliphatic carbocycles. The molecule has 0 aliphatic heterocycles. The van der Waals surface area contributed by atoms with Gasteiger partial charge in [0.1, 0.15) is 6.04 Å². The van der Waals surface area contributed by atoms with E-state index in [4.69, 9.17) is 0 Å². The van der Waals surface area contributed by atoms with Crippen LogP contribution in [0.15, 0.2) is 36.4 Å². The molecule has 0 aliphatic rings. The van der Waals surface area contributed by atoms with E-state index in [1.54, 1.807) is 0 Å². The molecule has 0 radical (unpaired) electrons. The van der Waals surface area contributed by atoms with Crippen molar-refractivity contribution in [3.63, 3.8) is 0 Å². The summed E-state index contributed by atoms with van der Waals surface area (Å²) in [6.45, 7) is 11.7. The lowest BCUT2D eigenvalue weighted by atomic mass is 9.99. The largest absolute Gasteiger partial charge is 0.347 e. The third-order valence-electron chi connectivity index (χ3n) is 5.59. The quantitative estimate of drug-likeness (QED) is 0.658. The zero-order chi connectivity index (χ0) is 22.6. The molecule has 0 bridgehead atoms. The number of hydrogen-bond donors (Lipinski definition) is 1. The molecule has 2 unspecified atom stereocenters. The summed E-state index contributed by atoms with van der Waals surface area (Å²) in [5.41, 5.74) is 5.71. The van der Waals surface area contributed by atoms with Gasteiger partial charge in [0.2, 0.25) is 15.9 Å². The predicted molar refractivity (Wildman–Crippen MR) is 124 cm³/mol. The maximum Gasteiger partial charge on any atom is 0.244 e. The smallest absolute Gasteiger partial charge is 0.244 e. The zero-order valence-electron chi connectivity index (χ0n) is 19.1. The Labute approximate surface area is 181 Å². The second kappa shape index (κ2) is 9.65. The first-order chi connectivity index (χ1) is 14.0. The maximum atomic E-state index is 13.3. The molecule has 1 N–H and O–H groups in total. The monoisotopic (exact) mass is 430 g/mol. The first-order valence-electron chi connectivity index (χ1n) is 10.4. The number of anilines is 1. The number of hydrogen-bond acceptors (Lipinski definition) is 3. The van der Waals surface area contributed by atoms with Crippen LogP contribution >= 0.6 is 0 Å². The van der Waals surface area contributed by atoms with Gasteiger partial charge in [-0.1, -0.05) is 44.2 Å². The Balaban J connectivity index is 2.42. The van der Waals surface area contributed by atoms with Crippen molar-refractivity contribution in [1.82, 2.24) is 5.32 Å². The summed E-state index contributed by atoms with van der Waals surface area (Å²) < 4.78 is 26.8. The van der Waals surface area contributed by atoms with Crippen molar-refractivity contribution in [1.29, 1.82) is 0 Å². The zero-order valence-corrected chi connectivity index (χ0v) is 19.9. The van der Waals surface area contributed by atoms with Crippen LogP contribution in [0.3, 0.4) is 0 Å². The van der Waals surface area contributed by atoms with Gasteiger partial charge in [-0.25, -0.2) is 8.42 Å². The van der Waals surface area contributed by atoms with E-state index in [2.05, 4.69) is 24.4 Å². The number of sulfonamides is 1. The van der Waals surface area contributed by atoms with Crippen molar-refractivity contribution >= 4 is 21.6 Å². The first-order valence-corrected chi connectivity index (χ1v) is 12.3. The molecule has 5 nitrogen and oxygen atoms in total. The lowest BCUT2D eigenvalue weighted by molar-refractivity contribution is -0.123. The van der Waals surface area contributed by atoms with E-state index >= 15 is 0 Å². The van der Waals surface area contributed by atoms with Crippen LogP contribution in [-0.4, -0.2) is 26.6 Å². The molecule has 2 aromatic rings. The molecule has 0 fully saturated rings. The molecule has 164 valence electrons. The van der Waals surface area contributed by atoms with Gasteiger partial charge < -0.3 is 5.32 Å². The van der Waals surface area contributed by atoms with Crippen LogP contribution in [0, 0.1) is 27.7 Å². The fraction of sp³-hybridized carbons (Fsp3) is 0.458. The van der Waals surface area contributed by atoms with Gasteiger partial charge in [-0.15, -0.1) is 0 Å². The Bertz CT molecular complexity index is 1020. The molecule has 2 aromatic carbocycles. The molecule has 0 saturated carbocycles. The van der Waals surface area contributed by atoms with Crippen LogP contribution < -0.4 is 9.62 Å². The summed E-state index contributed by atoms with van der Waals surface area (Å²) in [7, 11) is -3.66. The standard InChI is InChI=1S/C24H34N2O3S/c1-8-21(20-13-12-17(4)19(6)15-20)25-24(27)22(9-2)26(30(7,28)29)23-14-16(3)10-11-18(23)5/h10-15,21-22H,8-9H2,1-7H3,(H,25,27). The van der Waals surface area contributed by atoms with Gasteiger partial charge in [0.05, 0.1) is 18.0 Å². The van der Waals surface area contributed by atoms with Crippen LogP contribution in [0.25, 0.3) is 0 Å². The van der Waals surface area contributed by atoms with Gasteiger partial charge in [0, 0.05) is 0 Å². The summed E-state index contributed by atoms with van der Waals surface area (Å²) >= 11 is 0. The van der Waals surface area contributed by atoms with Gasteiger partial charge in [-0.05, 0) is 74.4 Å². The van der Waals surface area contributed by atoms with E-state index in [0.717, 1.165) is 22.9 Å². The van der Waals surface area contributed by atoms with Gasteiger partial charge in [0.15, 0.2) is 0 Å². The highest BCUT2D eigenvalue weighted by Crippen LogP contribution is 2.28. The van der Waals surface area contributed by atoms with Crippen LogP contribution in [0.4, 0.5) is 5.69 Å². The summed E-state index contributed by atoms with van der Waals surface area (Å²) in [4.78, 5) is 13.3. The molecule has 1 amide bonds. The van der Waals surface area contributed by atoms with E-state index in [-0.39, 0.29) is 11.9 Å². The number of aryl methyl sites for hydroxylation is 4. The molecular formula is C24H34N2O3S. The van der Waals surface area contributed by atoms with E-state index < -0.39 is 16.1 Å². The molecule has 2 rings (SSSR count). The summed E-state index contributed by atoms with van der Waals surface area (Å²) in [6, 6.07) is 10.8. The van der Waals surface area contributed by atoms with Crippen molar-refractivity contribution in [3.8, 4) is 0 Å². The number of amides is 1. The normalized spacial score (nSPS) is 13.6. The minimum atomic E-state index is -3.66. The molecule has 30 heavy (non-hydrogen) atoms. The number of nitrogens with zero attached hydrogens (tertiary/aromatic N) is 1. The molecule has 2 atom stereocenters. The molecule has 0 aromatic heterocycles. The third-order valence-corrected chi connectivity index (χ3v) is 6.76. The average molecular weight is 431 g/mol. The van der Waals surface area contributed by atoms with Crippen molar-refractivity contribution in [2.45, 2.75) is 66.5 Å². The molecule has 0 spiro atoms. The summed E-state index contributed by atoms with van der Waals surface area (Å²) in [5.74, 6) is -0.283. The fourth-order valence-corrected chi connectivity index (χ4v) is 4.92. The minimum Gasteiger partial charge on any atom is -0.347 e. The SMILES string of the molecule is CCC(NC(=O)C(CC)N(c1cc(C)ccc1C)S(C)(=O)=O)c1ccc(C)c(C)c1. The fourth-order valence-electron chi connectivity index (χ4n) is 3.66. The van der Waals surface area contributed by atoms with Crippen molar-refractivity contribution in [3.05, 3.63) is 64.2 Å². The summed E-state index contributed by atoms with van der Waals surface area (Å²) in [6.07, 6.45) is 2.24. The maximum absolute atomic E-state index is 13.3. The van der Waals surface area contributed by atoms with Crippen LogP contribution in [0.1, 0.15) is 60.5 Å². The van der Waals surface area contributed by atoms with Gasteiger partial charge in [0.25, 0.3) is 0 Å². The Morgan fingerprint density at radius 3 is 2.10 bits per heavy atom. The Morgan fingerprint density at radius 2 is 1.57 bits per heavy atom. The molecular weight excluding hydrogens is 396 g/mol. The van der Waals surface area contributed by atoms with E-state index in [1.165, 1.54) is 15.4 Å². The van der Waals surface area contributed by atoms with Crippen LogP contribution in [0.2, 0.25) is 0 Å². The Morgan fingerprint density at radius 1 is 0.933 bits per heavy atom. The van der Waals surface area contributed by atoms with Gasteiger partial charge in [-0.3, -0.25) is 9.10 Å². The Hall–Kier alpha value is -2.34. The lowest BCUT2D eigenvalue weighted by Crippen LogP contribution is -2.50. The summed E-state index contributed by atoms with van der Waals surface area (Å²) in [5, 5.41) is 3.09. The van der Waals surface area contributed by atoms with Crippen molar-refractivity contribution in [2.75, 3.05) is 10.6 Å². The average Bonchev–Trinajstić information content (AvgIpc) is 2.67. The van der Waals surface area contributed by atoms with E-state index in [9.17, 15) is 13.2 Å². The van der Waals surface area contributed by atoms with E-state index in [0.29, 0.717) is 18.5 Å². The molecule has 6 heteroatoms. The van der Waals surface area contributed by atoms with Gasteiger partial charge >= 0.3 is 0 Å². The second-order valence-corrected chi connectivity index (χ2v) is 9.95. The van der Waals surface area contributed by atoms with Crippen LogP contribution in [-0.2, 0) is 14.8 Å². The minimum absolute atomic E-state index is 0.175. The van der Waals surface area contributed by atoms with Gasteiger partial charge in [-0.2, -0.15) is 0 Å². The molecule has 0 heterocycles.